The second-order valence-corrected chi connectivity index (χ2v) is 5.28. The largest absolute Gasteiger partial charge is 0.481 e. The topological polar surface area (TPSA) is 82.3 Å². The van der Waals surface area contributed by atoms with E-state index < -0.39 is 11.6 Å². The van der Waals surface area contributed by atoms with Crippen LogP contribution in [0.5, 0.6) is 5.75 Å². The summed E-state index contributed by atoms with van der Waals surface area (Å²) >= 11 is 0. The Hall–Kier alpha value is -2.06. The van der Waals surface area contributed by atoms with E-state index in [4.69, 9.17) is 15.1 Å². The van der Waals surface area contributed by atoms with E-state index in [1.54, 1.807) is 31.2 Å². The van der Waals surface area contributed by atoms with E-state index in [2.05, 4.69) is 5.32 Å². The molecule has 0 saturated heterocycles. The lowest BCUT2D eigenvalue weighted by atomic mass is 9.94. The van der Waals surface area contributed by atoms with Gasteiger partial charge < -0.3 is 15.2 Å². The number of benzene rings is 1. The number of amides is 1. The summed E-state index contributed by atoms with van der Waals surface area (Å²) in [5.74, 6) is 0.243. The van der Waals surface area contributed by atoms with Crippen molar-refractivity contribution in [2.45, 2.75) is 45.3 Å². The number of nitrogens with one attached hydrogen (secondary N) is 1. The highest BCUT2D eigenvalue weighted by Gasteiger charge is 2.26. The van der Waals surface area contributed by atoms with Crippen LogP contribution >= 0.6 is 0 Å². The van der Waals surface area contributed by atoms with E-state index in [0.29, 0.717) is 17.7 Å². The van der Waals surface area contributed by atoms with Crippen molar-refractivity contribution in [3.8, 4) is 11.8 Å². The van der Waals surface area contributed by atoms with Gasteiger partial charge in [-0.25, -0.2) is 0 Å². The zero-order valence-corrected chi connectivity index (χ0v) is 12.7. The van der Waals surface area contributed by atoms with Crippen LogP contribution in [0.25, 0.3) is 0 Å². The maximum atomic E-state index is 12.2. The van der Waals surface area contributed by atoms with E-state index in [9.17, 15) is 4.79 Å². The van der Waals surface area contributed by atoms with Crippen LogP contribution in [-0.2, 0) is 4.79 Å². The molecule has 0 fully saturated rings. The van der Waals surface area contributed by atoms with Crippen LogP contribution in [0.3, 0.4) is 0 Å². The average Bonchev–Trinajstić information content (AvgIpc) is 2.47. The Balaban J connectivity index is 2.68. The Morgan fingerprint density at radius 1 is 1.57 bits per heavy atom. The van der Waals surface area contributed by atoms with Crippen molar-refractivity contribution in [2.75, 3.05) is 6.61 Å². The predicted octanol–water partition coefficient (Wildman–Crippen LogP) is 1.99. The molecule has 0 aromatic heterocycles. The summed E-state index contributed by atoms with van der Waals surface area (Å²) in [6.45, 7) is 5.52. The number of aliphatic hydroxyl groups excluding tert-OH is 1. The number of aliphatic hydroxyl groups is 1. The lowest BCUT2D eigenvalue weighted by molar-refractivity contribution is -0.129. The third-order valence-corrected chi connectivity index (χ3v) is 3.51. The lowest BCUT2D eigenvalue weighted by Crippen LogP contribution is -2.50. The molecule has 0 heterocycles. The second-order valence-electron chi connectivity index (χ2n) is 5.28. The summed E-state index contributed by atoms with van der Waals surface area (Å²) in [4.78, 5) is 12.2. The molecule has 0 aliphatic heterocycles. The highest BCUT2D eigenvalue weighted by atomic mass is 16.5. The quantitative estimate of drug-likeness (QED) is 0.804. The minimum absolute atomic E-state index is 0.0179. The molecule has 1 aromatic rings. The van der Waals surface area contributed by atoms with E-state index in [0.717, 1.165) is 6.42 Å². The molecule has 2 atom stereocenters. The normalized spacial score (nSPS) is 14.6. The van der Waals surface area contributed by atoms with Crippen LogP contribution in [-0.4, -0.2) is 29.3 Å². The van der Waals surface area contributed by atoms with Crippen molar-refractivity contribution in [1.82, 2.24) is 5.32 Å². The first-order valence-electron chi connectivity index (χ1n) is 7.04. The van der Waals surface area contributed by atoms with Gasteiger partial charge in [-0.2, -0.15) is 5.26 Å². The van der Waals surface area contributed by atoms with E-state index in [1.165, 1.54) is 0 Å². The van der Waals surface area contributed by atoms with Gasteiger partial charge in [-0.15, -0.1) is 0 Å². The fourth-order valence-electron chi connectivity index (χ4n) is 1.87. The number of hydrogen-bond donors (Lipinski definition) is 2. The molecular weight excluding hydrogens is 268 g/mol. The standard InChI is InChI=1S/C16H22N2O3/c1-4-16(3,8-9-19)18-15(20)12(2)21-14-7-5-6-13(10-14)11-17/h5-7,10,12,19H,4,8-9H2,1-3H3,(H,18,20). The van der Waals surface area contributed by atoms with Gasteiger partial charge in [0.15, 0.2) is 6.10 Å². The summed E-state index contributed by atoms with van der Waals surface area (Å²) in [6.07, 6.45) is 0.533. The molecule has 0 bridgehead atoms. The first kappa shape index (κ1) is 17.0. The summed E-state index contributed by atoms with van der Waals surface area (Å²) in [5, 5.41) is 20.8. The number of nitrogens with zero attached hydrogens (tertiary/aromatic N) is 1. The Labute approximate surface area is 125 Å². The molecule has 114 valence electrons. The van der Waals surface area contributed by atoms with Crippen LogP contribution in [0, 0.1) is 11.3 Å². The fraction of sp³-hybridized carbons (Fsp3) is 0.500. The molecule has 1 amide bonds. The van der Waals surface area contributed by atoms with Gasteiger partial charge in [0.05, 0.1) is 11.6 Å². The molecule has 2 unspecified atom stereocenters. The molecule has 5 heteroatoms. The lowest BCUT2D eigenvalue weighted by Gasteiger charge is -2.30. The van der Waals surface area contributed by atoms with Gasteiger partial charge in [0.2, 0.25) is 0 Å². The molecule has 0 spiro atoms. The van der Waals surface area contributed by atoms with Gasteiger partial charge >= 0.3 is 0 Å². The Morgan fingerprint density at radius 2 is 2.29 bits per heavy atom. The van der Waals surface area contributed by atoms with Crippen molar-refractivity contribution < 1.29 is 14.6 Å². The fourth-order valence-corrected chi connectivity index (χ4v) is 1.87. The van der Waals surface area contributed by atoms with Crippen LogP contribution < -0.4 is 10.1 Å². The zero-order chi connectivity index (χ0) is 15.9. The van der Waals surface area contributed by atoms with Gasteiger partial charge in [0.25, 0.3) is 5.91 Å². The number of nitriles is 1. The SMILES string of the molecule is CCC(C)(CCO)NC(=O)C(C)Oc1cccc(C#N)c1. The highest BCUT2D eigenvalue weighted by Crippen LogP contribution is 2.17. The van der Waals surface area contributed by atoms with Gasteiger partial charge in [-0.3, -0.25) is 4.79 Å². The first-order valence-corrected chi connectivity index (χ1v) is 7.04. The first-order chi connectivity index (χ1) is 9.94. The molecule has 0 aliphatic carbocycles. The molecule has 0 aliphatic rings. The number of ether oxygens (including phenoxy) is 1. The molecule has 2 N–H and O–H groups in total. The van der Waals surface area contributed by atoms with Gasteiger partial charge in [0.1, 0.15) is 5.75 Å². The van der Waals surface area contributed by atoms with Crippen LogP contribution in [0.15, 0.2) is 24.3 Å². The van der Waals surface area contributed by atoms with Crippen LogP contribution in [0.2, 0.25) is 0 Å². The third kappa shape index (κ3) is 5.09. The monoisotopic (exact) mass is 290 g/mol. The van der Waals surface area contributed by atoms with Crippen molar-refractivity contribution in [2.24, 2.45) is 0 Å². The summed E-state index contributed by atoms with van der Waals surface area (Å²) in [5.41, 5.74) is 0.0385. The molecule has 5 nitrogen and oxygen atoms in total. The van der Waals surface area contributed by atoms with Gasteiger partial charge in [-0.05, 0) is 44.9 Å². The Morgan fingerprint density at radius 3 is 2.86 bits per heavy atom. The molecule has 0 saturated carbocycles. The molecule has 1 rings (SSSR count). The van der Waals surface area contributed by atoms with Crippen LogP contribution in [0.4, 0.5) is 0 Å². The van der Waals surface area contributed by atoms with E-state index >= 15 is 0 Å². The minimum Gasteiger partial charge on any atom is -0.481 e. The molecule has 0 radical (unpaired) electrons. The van der Waals surface area contributed by atoms with Crippen molar-refractivity contribution in [3.63, 3.8) is 0 Å². The second kappa shape index (κ2) is 7.65. The van der Waals surface area contributed by atoms with Gasteiger partial charge in [-0.1, -0.05) is 13.0 Å². The Kier molecular flexibility index (Phi) is 6.19. The summed E-state index contributed by atoms with van der Waals surface area (Å²) in [7, 11) is 0. The Bertz CT molecular complexity index is 524. The van der Waals surface area contributed by atoms with E-state index in [1.807, 2.05) is 19.9 Å². The molecular formula is C16H22N2O3. The van der Waals surface area contributed by atoms with E-state index in [-0.39, 0.29) is 12.5 Å². The van der Waals surface area contributed by atoms with Crippen molar-refractivity contribution in [3.05, 3.63) is 29.8 Å². The maximum Gasteiger partial charge on any atom is 0.261 e. The number of carbonyl (C=O) groups is 1. The highest BCUT2D eigenvalue weighted by molar-refractivity contribution is 5.81. The van der Waals surface area contributed by atoms with Crippen molar-refractivity contribution in [1.29, 1.82) is 5.26 Å². The molecule has 21 heavy (non-hydrogen) atoms. The third-order valence-electron chi connectivity index (χ3n) is 3.51. The number of rotatable bonds is 7. The number of carbonyl (C=O) groups excluding carboxylic acids is 1. The smallest absolute Gasteiger partial charge is 0.261 e. The summed E-state index contributed by atoms with van der Waals surface area (Å²) < 4.78 is 5.56. The predicted molar refractivity (Wildman–Crippen MR) is 79.8 cm³/mol. The summed E-state index contributed by atoms with van der Waals surface area (Å²) in [6, 6.07) is 8.71. The number of hydrogen-bond acceptors (Lipinski definition) is 4. The maximum absolute atomic E-state index is 12.2. The average molecular weight is 290 g/mol. The van der Waals surface area contributed by atoms with Crippen molar-refractivity contribution >= 4 is 5.91 Å². The zero-order valence-electron chi connectivity index (χ0n) is 12.7. The van der Waals surface area contributed by atoms with Gasteiger partial charge in [0, 0.05) is 12.1 Å². The molecule has 1 aromatic carbocycles. The van der Waals surface area contributed by atoms with Crippen LogP contribution in [0.1, 0.15) is 39.2 Å². The minimum atomic E-state index is -0.677.